The van der Waals surface area contributed by atoms with Crippen molar-refractivity contribution in [2.24, 2.45) is 5.41 Å². The minimum atomic E-state index is -0.504. The van der Waals surface area contributed by atoms with Crippen molar-refractivity contribution in [1.82, 2.24) is 10.1 Å². The summed E-state index contributed by atoms with van der Waals surface area (Å²) in [6.07, 6.45) is 0. The molecule has 1 heterocycles. The van der Waals surface area contributed by atoms with Gasteiger partial charge in [0.15, 0.2) is 0 Å². The molecule has 0 saturated carbocycles. The van der Waals surface area contributed by atoms with Gasteiger partial charge in [-0.15, -0.1) is 0 Å². The fourth-order valence-corrected chi connectivity index (χ4v) is 0.663. The molecule has 1 rings (SSSR count). The Morgan fingerprint density at radius 1 is 1.50 bits per heavy atom. The third-order valence-corrected chi connectivity index (χ3v) is 1.33. The highest BCUT2D eigenvalue weighted by Crippen LogP contribution is 2.18. The molecule has 2 N–H and O–H groups in total. The highest BCUT2D eigenvalue weighted by atomic mass is 16.5. The maximum atomic E-state index is 11.4. The molecule has 0 spiro atoms. The quantitative estimate of drug-likeness (QED) is 0.631. The fourth-order valence-electron chi connectivity index (χ4n) is 0.663. The first-order valence-corrected chi connectivity index (χ1v) is 3.55. The highest BCUT2D eigenvalue weighted by molar-refractivity contribution is 5.96. The number of nitrogens with two attached hydrogens (primary N) is 1. The van der Waals surface area contributed by atoms with Crippen LogP contribution in [0.15, 0.2) is 4.52 Å². The standard InChI is InChI=1S/C7H11N3O2/c1-7(2,3)4(11)5-9-6(8)12-10-5/h1-3H3,(H2,8,9,10). The molecule has 1 aromatic heterocycles. The zero-order valence-corrected chi connectivity index (χ0v) is 7.29. The van der Waals surface area contributed by atoms with Crippen molar-refractivity contribution in [2.45, 2.75) is 20.8 Å². The van der Waals surface area contributed by atoms with E-state index < -0.39 is 5.41 Å². The van der Waals surface area contributed by atoms with E-state index in [-0.39, 0.29) is 17.6 Å². The normalized spacial score (nSPS) is 11.6. The van der Waals surface area contributed by atoms with Crippen molar-refractivity contribution in [2.75, 3.05) is 5.73 Å². The number of carbonyl (C=O) groups is 1. The molecule has 0 aliphatic heterocycles. The number of nitrogens with zero attached hydrogens (tertiary/aromatic N) is 2. The average molecular weight is 169 g/mol. The van der Waals surface area contributed by atoms with Gasteiger partial charge in [-0.3, -0.25) is 4.79 Å². The Labute approximate surface area is 69.9 Å². The van der Waals surface area contributed by atoms with Gasteiger partial charge in [-0.25, -0.2) is 0 Å². The summed E-state index contributed by atoms with van der Waals surface area (Å²) >= 11 is 0. The van der Waals surface area contributed by atoms with Gasteiger partial charge in [0.1, 0.15) is 0 Å². The van der Waals surface area contributed by atoms with E-state index in [1.54, 1.807) is 20.8 Å². The molecule has 0 aliphatic carbocycles. The number of Topliss-reactive ketones (excluding diaryl/α,β-unsaturated/α-hetero) is 1. The summed E-state index contributed by atoms with van der Waals surface area (Å²) in [7, 11) is 0. The minimum Gasteiger partial charge on any atom is -0.351 e. The molecule has 0 fully saturated rings. The van der Waals surface area contributed by atoms with E-state index in [9.17, 15) is 4.79 Å². The topological polar surface area (TPSA) is 82.0 Å². The van der Waals surface area contributed by atoms with Crippen molar-refractivity contribution in [3.8, 4) is 0 Å². The lowest BCUT2D eigenvalue weighted by atomic mass is 9.90. The van der Waals surface area contributed by atoms with Gasteiger partial charge in [0.25, 0.3) is 0 Å². The maximum Gasteiger partial charge on any atom is 0.319 e. The number of carbonyl (C=O) groups excluding carboxylic acids is 1. The number of hydrogen-bond donors (Lipinski definition) is 1. The Balaban J connectivity index is 2.93. The van der Waals surface area contributed by atoms with Crippen LogP contribution in [0.1, 0.15) is 31.4 Å². The van der Waals surface area contributed by atoms with Crippen LogP contribution in [0.5, 0.6) is 0 Å². The monoisotopic (exact) mass is 169 g/mol. The summed E-state index contributed by atoms with van der Waals surface area (Å²) in [5.74, 6) is -0.136. The van der Waals surface area contributed by atoms with Gasteiger partial charge in [0.2, 0.25) is 11.6 Å². The number of aromatic nitrogens is 2. The van der Waals surface area contributed by atoms with E-state index >= 15 is 0 Å². The van der Waals surface area contributed by atoms with E-state index in [1.807, 2.05) is 0 Å². The first kappa shape index (κ1) is 8.70. The molecule has 0 aromatic carbocycles. The van der Waals surface area contributed by atoms with Crippen LogP contribution in [0.25, 0.3) is 0 Å². The zero-order chi connectivity index (χ0) is 9.35. The molecule has 0 aliphatic rings. The molecular formula is C7H11N3O2. The predicted octanol–water partition coefficient (Wildman–Crippen LogP) is 0.881. The number of anilines is 1. The summed E-state index contributed by atoms with van der Waals surface area (Å²) < 4.78 is 4.48. The molecule has 0 amide bonds. The van der Waals surface area contributed by atoms with Crippen LogP contribution >= 0.6 is 0 Å². The molecule has 5 nitrogen and oxygen atoms in total. The van der Waals surface area contributed by atoms with Gasteiger partial charge >= 0.3 is 6.01 Å². The van der Waals surface area contributed by atoms with E-state index in [0.29, 0.717) is 0 Å². The molecule has 0 atom stereocenters. The first-order valence-electron chi connectivity index (χ1n) is 3.55. The van der Waals surface area contributed by atoms with Crippen LogP contribution in [-0.2, 0) is 0 Å². The molecule has 5 heteroatoms. The van der Waals surface area contributed by atoms with Crippen LogP contribution < -0.4 is 5.73 Å². The average Bonchev–Trinajstić information content (AvgIpc) is 2.32. The number of ketones is 1. The van der Waals surface area contributed by atoms with Crippen LogP contribution in [0.4, 0.5) is 6.01 Å². The van der Waals surface area contributed by atoms with Gasteiger partial charge in [-0.2, -0.15) is 4.98 Å². The van der Waals surface area contributed by atoms with Crippen LogP contribution in [-0.4, -0.2) is 15.9 Å². The molecule has 0 saturated heterocycles. The maximum absolute atomic E-state index is 11.4. The SMILES string of the molecule is CC(C)(C)C(=O)c1noc(N)n1. The number of hydrogen-bond acceptors (Lipinski definition) is 5. The van der Waals surface area contributed by atoms with Gasteiger partial charge in [-0.1, -0.05) is 25.9 Å². The smallest absolute Gasteiger partial charge is 0.319 e. The lowest BCUT2D eigenvalue weighted by Crippen LogP contribution is -2.21. The summed E-state index contributed by atoms with van der Waals surface area (Å²) in [4.78, 5) is 15.1. The van der Waals surface area contributed by atoms with Crippen LogP contribution in [0, 0.1) is 5.41 Å². The number of nitrogen functional groups attached to an aromatic ring is 1. The lowest BCUT2D eigenvalue weighted by Gasteiger charge is -2.12. The molecule has 0 radical (unpaired) electrons. The van der Waals surface area contributed by atoms with Crippen molar-refractivity contribution in [1.29, 1.82) is 0 Å². The predicted molar refractivity (Wildman–Crippen MR) is 42.5 cm³/mol. The van der Waals surface area contributed by atoms with Crippen molar-refractivity contribution in [3.63, 3.8) is 0 Å². The molecule has 1 aromatic rings. The van der Waals surface area contributed by atoms with Crippen LogP contribution in [0.2, 0.25) is 0 Å². The molecule has 66 valence electrons. The Morgan fingerprint density at radius 2 is 2.08 bits per heavy atom. The molecule has 0 bridgehead atoms. The Hall–Kier alpha value is -1.39. The molecule has 0 unspecified atom stereocenters. The number of rotatable bonds is 1. The third kappa shape index (κ3) is 1.61. The molecule has 12 heavy (non-hydrogen) atoms. The largest absolute Gasteiger partial charge is 0.351 e. The third-order valence-electron chi connectivity index (χ3n) is 1.33. The van der Waals surface area contributed by atoms with E-state index in [1.165, 1.54) is 0 Å². The Kier molecular flexibility index (Phi) is 1.87. The van der Waals surface area contributed by atoms with Gasteiger partial charge in [0, 0.05) is 5.41 Å². The fraction of sp³-hybridized carbons (Fsp3) is 0.571. The second-order valence-corrected chi connectivity index (χ2v) is 3.54. The first-order chi connectivity index (χ1) is 5.41. The second-order valence-electron chi connectivity index (χ2n) is 3.54. The summed E-state index contributed by atoms with van der Waals surface area (Å²) in [6.45, 7) is 5.34. The van der Waals surface area contributed by atoms with Crippen molar-refractivity contribution >= 4 is 11.8 Å². The molecular weight excluding hydrogens is 158 g/mol. The lowest BCUT2D eigenvalue weighted by molar-refractivity contribution is 0.0844. The summed E-state index contributed by atoms with van der Waals surface area (Å²) in [5.41, 5.74) is 4.66. The zero-order valence-electron chi connectivity index (χ0n) is 7.29. The van der Waals surface area contributed by atoms with Crippen molar-refractivity contribution in [3.05, 3.63) is 5.82 Å². The Bertz CT molecular complexity index is 298. The van der Waals surface area contributed by atoms with E-state index in [4.69, 9.17) is 5.73 Å². The Morgan fingerprint density at radius 3 is 2.42 bits per heavy atom. The van der Waals surface area contributed by atoms with Crippen LogP contribution in [0.3, 0.4) is 0 Å². The minimum absolute atomic E-state index is 0.0417. The van der Waals surface area contributed by atoms with Crippen molar-refractivity contribution < 1.29 is 9.32 Å². The summed E-state index contributed by atoms with van der Waals surface area (Å²) in [5, 5.41) is 3.42. The van der Waals surface area contributed by atoms with E-state index in [2.05, 4.69) is 14.7 Å². The van der Waals surface area contributed by atoms with Gasteiger partial charge in [-0.05, 0) is 0 Å². The summed E-state index contributed by atoms with van der Waals surface area (Å²) in [6, 6.07) is -0.0809. The second kappa shape index (κ2) is 2.58. The highest BCUT2D eigenvalue weighted by Gasteiger charge is 2.27. The van der Waals surface area contributed by atoms with Gasteiger partial charge in [0.05, 0.1) is 0 Å². The van der Waals surface area contributed by atoms with E-state index in [0.717, 1.165) is 0 Å². The van der Waals surface area contributed by atoms with Gasteiger partial charge < -0.3 is 10.3 Å².